The minimum Gasteiger partial charge on any atom is -0.326 e. The number of hydrogen-bond donors (Lipinski definition) is 2. The lowest BCUT2D eigenvalue weighted by molar-refractivity contribution is -0.116. The highest BCUT2D eigenvalue weighted by Gasteiger charge is 2.15. The number of anilines is 2. The fourth-order valence-corrected chi connectivity index (χ4v) is 3.78. The molecule has 2 amide bonds. The van der Waals surface area contributed by atoms with Crippen molar-refractivity contribution in [2.24, 2.45) is 0 Å². The van der Waals surface area contributed by atoms with Gasteiger partial charge < -0.3 is 10.6 Å². The second-order valence-corrected chi connectivity index (χ2v) is 8.27. The van der Waals surface area contributed by atoms with Gasteiger partial charge in [-0.3, -0.25) is 9.59 Å². The largest absolute Gasteiger partial charge is 0.326 e. The molecule has 5 heteroatoms. The Hall–Kier alpha value is -3.05. The van der Waals surface area contributed by atoms with Crippen LogP contribution in [0, 0.1) is 6.92 Å². The van der Waals surface area contributed by atoms with E-state index in [1.165, 1.54) is 11.8 Å². The van der Waals surface area contributed by atoms with Crippen molar-refractivity contribution < 1.29 is 9.59 Å². The van der Waals surface area contributed by atoms with E-state index in [-0.39, 0.29) is 17.1 Å². The van der Waals surface area contributed by atoms with Crippen molar-refractivity contribution in [2.75, 3.05) is 10.6 Å². The van der Waals surface area contributed by atoms with Crippen LogP contribution in [-0.2, 0) is 16.0 Å². The summed E-state index contributed by atoms with van der Waals surface area (Å²) in [5.74, 6) is -0.122. The molecule has 0 aliphatic carbocycles. The maximum Gasteiger partial charge on any atom is 0.237 e. The molecule has 148 valence electrons. The molecule has 3 rings (SSSR count). The first-order valence-corrected chi connectivity index (χ1v) is 10.4. The molecule has 0 heterocycles. The number of benzene rings is 3. The summed E-state index contributed by atoms with van der Waals surface area (Å²) in [6.07, 6.45) is 0.327. The van der Waals surface area contributed by atoms with Gasteiger partial charge in [0.2, 0.25) is 11.8 Å². The molecular weight excluding hydrogens is 380 g/mol. The van der Waals surface area contributed by atoms with Crippen LogP contribution in [0.15, 0.2) is 83.8 Å². The maximum absolute atomic E-state index is 12.5. The summed E-state index contributed by atoms with van der Waals surface area (Å²) in [4.78, 5) is 25.7. The normalized spacial score (nSPS) is 11.5. The summed E-state index contributed by atoms with van der Waals surface area (Å²) in [6, 6.07) is 24.9. The van der Waals surface area contributed by atoms with Gasteiger partial charge in [0.25, 0.3) is 0 Å². The van der Waals surface area contributed by atoms with Gasteiger partial charge in [-0.15, -0.1) is 11.8 Å². The van der Waals surface area contributed by atoms with Crippen LogP contribution in [0.4, 0.5) is 11.4 Å². The number of carbonyl (C=O) groups excluding carboxylic acids is 2. The minimum atomic E-state index is -0.272. The topological polar surface area (TPSA) is 58.2 Å². The molecule has 2 N–H and O–H groups in total. The second kappa shape index (κ2) is 9.94. The smallest absolute Gasteiger partial charge is 0.237 e. The average Bonchev–Trinajstić information content (AvgIpc) is 2.69. The molecule has 0 fully saturated rings. The first kappa shape index (κ1) is 20.7. The van der Waals surface area contributed by atoms with Gasteiger partial charge in [-0.1, -0.05) is 48.5 Å². The van der Waals surface area contributed by atoms with Crippen LogP contribution in [-0.4, -0.2) is 17.1 Å². The highest BCUT2D eigenvalue weighted by Crippen LogP contribution is 2.27. The molecule has 0 bridgehead atoms. The van der Waals surface area contributed by atoms with Crippen LogP contribution in [0.25, 0.3) is 0 Å². The van der Waals surface area contributed by atoms with Gasteiger partial charge in [-0.25, -0.2) is 0 Å². The van der Waals surface area contributed by atoms with Crippen molar-refractivity contribution in [3.05, 3.63) is 90.0 Å². The van der Waals surface area contributed by atoms with Crippen molar-refractivity contribution in [1.82, 2.24) is 0 Å². The lowest BCUT2D eigenvalue weighted by Gasteiger charge is -2.13. The molecule has 0 saturated carbocycles. The monoisotopic (exact) mass is 404 g/mol. The van der Waals surface area contributed by atoms with E-state index >= 15 is 0 Å². The molecular formula is C24H24N2O2S. The van der Waals surface area contributed by atoms with E-state index in [0.29, 0.717) is 6.42 Å². The summed E-state index contributed by atoms with van der Waals surface area (Å²) in [7, 11) is 0. The van der Waals surface area contributed by atoms with Gasteiger partial charge in [0.05, 0.1) is 11.7 Å². The van der Waals surface area contributed by atoms with Crippen molar-refractivity contribution in [1.29, 1.82) is 0 Å². The summed E-state index contributed by atoms with van der Waals surface area (Å²) >= 11 is 1.46. The SMILES string of the molecule is Cc1cccc(NC(=O)C(C)Sc2cccc(NC(=O)Cc3ccccc3)c2)c1. The zero-order valence-electron chi connectivity index (χ0n) is 16.5. The lowest BCUT2D eigenvalue weighted by Crippen LogP contribution is -2.22. The van der Waals surface area contributed by atoms with Crippen molar-refractivity contribution in [3.63, 3.8) is 0 Å². The number of hydrogen-bond acceptors (Lipinski definition) is 3. The zero-order chi connectivity index (χ0) is 20.6. The van der Waals surface area contributed by atoms with Gasteiger partial charge in [0.1, 0.15) is 0 Å². The van der Waals surface area contributed by atoms with Crippen LogP contribution in [0.1, 0.15) is 18.1 Å². The van der Waals surface area contributed by atoms with Gasteiger partial charge in [0.15, 0.2) is 0 Å². The van der Waals surface area contributed by atoms with Crippen LogP contribution in [0.3, 0.4) is 0 Å². The van der Waals surface area contributed by atoms with Gasteiger partial charge >= 0.3 is 0 Å². The molecule has 0 saturated heterocycles. The predicted octanol–water partition coefficient (Wildman–Crippen LogP) is 5.30. The molecule has 1 atom stereocenters. The van der Waals surface area contributed by atoms with Crippen LogP contribution < -0.4 is 10.6 Å². The second-order valence-electron chi connectivity index (χ2n) is 6.86. The average molecular weight is 405 g/mol. The Labute approximate surface area is 175 Å². The quantitative estimate of drug-likeness (QED) is 0.526. The maximum atomic E-state index is 12.5. The fourth-order valence-electron chi connectivity index (χ4n) is 2.86. The van der Waals surface area contributed by atoms with Crippen molar-refractivity contribution in [2.45, 2.75) is 30.4 Å². The van der Waals surface area contributed by atoms with Crippen molar-refractivity contribution in [3.8, 4) is 0 Å². The van der Waals surface area contributed by atoms with E-state index in [9.17, 15) is 9.59 Å². The number of rotatable bonds is 7. The van der Waals surface area contributed by atoms with Crippen molar-refractivity contribution >= 4 is 35.0 Å². The Bertz CT molecular complexity index is 989. The first-order chi connectivity index (χ1) is 14.0. The van der Waals surface area contributed by atoms with Gasteiger partial charge in [0, 0.05) is 16.3 Å². The van der Waals surface area contributed by atoms with Crippen LogP contribution in [0.2, 0.25) is 0 Å². The predicted molar refractivity (Wildman–Crippen MR) is 120 cm³/mol. The summed E-state index contributed by atoms with van der Waals surface area (Å²) < 4.78 is 0. The molecule has 0 aliphatic heterocycles. The number of carbonyl (C=O) groups is 2. The highest BCUT2D eigenvalue weighted by molar-refractivity contribution is 8.00. The standard InChI is InChI=1S/C24H24N2O2S/c1-17-8-6-11-20(14-17)26-24(28)18(2)29-22-13-7-12-21(16-22)25-23(27)15-19-9-4-3-5-10-19/h3-14,16,18H,15H2,1-2H3,(H,25,27)(H,26,28). The summed E-state index contributed by atoms with van der Waals surface area (Å²) in [5, 5.41) is 5.60. The van der Waals surface area contributed by atoms with E-state index in [2.05, 4.69) is 10.6 Å². The fraction of sp³-hybridized carbons (Fsp3) is 0.167. The van der Waals surface area contributed by atoms with E-state index in [1.54, 1.807) is 0 Å². The van der Waals surface area contributed by atoms with E-state index < -0.39 is 0 Å². The molecule has 3 aromatic rings. The van der Waals surface area contributed by atoms with Crippen LogP contribution >= 0.6 is 11.8 Å². The molecule has 0 aliphatic rings. The summed E-state index contributed by atoms with van der Waals surface area (Å²) in [6.45, 7) is 3.86. The number of aryl methyl sites for hydroxylation is 1. The summed E-state index contributed by atoms with van der Waals surface area (Å²) in [5.41, 5.74) is 3.59. The Morgan fingerprint density at radius 2 is 1.55 bits per heavy atom. The third-order valence-electron chi connectivity index (χ3n) is 4.29. The van der Waals surface area contributed by atoms with Gasteiger partial charge in [-0.2, -0.15) is 0 Å². The molecule has 0 aromatic heterocycles. The minimum absolute atomic E-state index is 0.0564. The number of nitrogens with one attached hydrogen (secondary N) is 2. The lowest BCUT2D eigenvalue weighted by atomic mass is 10.1. The molecule has 29 heavy (non-hydrogen) atoms. The molecule has 0 radical (unpaired) electrons. The Balaban J connectivity index is 1.57. The number of amides is 2. The Kier molecular flexibility index (Phi) is 7.09. The van der Waals surface area contributed by atoms with Gasteiger partial charge in [-0.05, 0) is 55.3 Å². The third kappa shape index (κ3) is 6.50. The van der Waals surface area contributed by atoms with Crippen LogP contribution in [0.5, 0.6) is 0 Å². The van der Waals surface area contributed by atoms with E-state index in [1.807, 2.05) is 92.7 Å². The molecule has 1 unspecified atom stereocenters. The Morgan fingerprint density at radius 3 is 2.28 bits per heavy atom. The van der Waals surface area contributed by atoms with E-state index in [4.69, 9.17) is 0 Å². The molecule has 0 spiro atoms. The molecule has 4 nitrogen and oxygen atoms in total. The first-order valence-electron chi connectivity index (χ1n) is 9.47. The zero-order valence-corrected chi connectivity index (χ0v) is 17.3. The number of thioether (sulfide) groups is 1. The third-order valence-corrected chi connectivity index (χ3v) is 5.39. The Morgan fingerprint density at radius 1 is 0.862 bits per heavy atom. The highest BCUT2D eigenvalue weighted by atomic mass is 32.2. The molecule has 3 aromatic carbocycles. The van der Waals surface area contributed by atoms with E-state index in [0.717, 1.165) is 27.4 Å².